The summed E-state index contributed by atoms with van der Waals surface area (Å²) in [6.45, 7) is 6.08. The third kappa shape index (κ3) is 5.36. The summed E-state index contributed by atoms with van der Waals surface area (Å²) >= 11 is 0. The monoisotopic (exact) mass is 352 g/mol. The molecule has 1 N–H and O–H groups in total. The molecule has 1 aliphatic heterocycles. The van der Waals surface area contributed by atoms with Crippen molar-refractivity contribution >= 4 is 5.91 Å². The number of nitrogens with zero attached hydrogens (tertiary/aromatic N) is 3. The summed E-state index contributed by atoms with van der Waals surface area (Å²) in [5.41, 5.74) is 1.95. The van der Waals surface area contributed by atoms with Crippen LogP contribution in [0.2, 0.25) is 0 Å². The normalized spacial score (nSPS) is 15.7. The Morgan fingerprint density at radius 1 is 1.15 bits per heavy atom. The molecule has 1 fully saturated rings. The van der Waals surface area contributed by atoms with Crippen LogP contribution in [0.3, 0.4) is 0 Å². The molecular formula is C21H28N4O. The number of hydrogen-bond acceptors (Lipinski definition) is 4. The first-order valence-electron chi connectivity index (χ1n) is 9.60. The van der Waals surface area contributed by atoms with E-state index in [1.165, 1.54) is 5.56 Å². The average molecular weight is 352 g/mol. The Morgan fingerprint density at radius 3 is 2.50 bits per heavy atom. The molecule has 0 saturated carbocycles. The van der Waals surface area contributed by atoms with Crippen LogP contribution >= 0.6 is 0 Å². The van der Waals surface area contributed by atoms with Crippen molar-refractivity contribution < 1.29 is 4.79 Å². The van der Waals surface area contributed by atoms with Gasteiger partial charge in [-0.15, -0.1) is 0 Å². The number of piperidine rings is 1. The number of aryl methyl sites for hydroxylation is 1. The van der Waals surface area contributed by atoms with Crippen LogP contribution in [0.1, 0.15) is 41.5 Å². The van der Waals surface area contributed by atoms with Crippen LogP contribution in [0.4, 0.5) is 0 Å². The zero-order valence-electron chi connectivity index (χ0n) is 15.5. The minimum absolute atomic E-state index is 0.0702. The Morgan fingerprint density at radius 2 is 1.85 bits per heavy atom. The minimum Gasteiger partial charge on any atom is -0.352 e. The Balaban J connectivity index is 1.36. The highest BCUT2D eigenvalue weighted by Gasteiger charge is 2.19. The molecule has 0 radical (unpaired) electrons. The lowest BCUT2D eigenvalue weighted by Crippen LogP contribution is -2.39. The lowest BCUT2D eigenvalue weighted by Gasteiger charge is -2.32. The number of carbonyl (C=O) groups is 1. The Kier molecular flexibility index (Phi) is 6.72. The van der Waals surface area contributed by atoms with E-state index in [2.05, 4.69) is 50.5 Å². The highest BCUT2D eigenvalue weighted by molar-refractivity contribution is 5.93. The molecule has 1 aromatic heterocycles. The van der Waals surface area contributed by atoms with Gasteiger partial charge in [0.05, 0.1) is 5.56 Å². The van der Waals surface area contributed by atoms with E-state index in [1.54, 1.807) is 12.4 Å². The maximum atomic E-state index is 12.2. The van der Waals surface area contributed by atoms with Gasteiger partial charge in [0.1, 0.15) is 5.82 Å². The second-order valence-electron chi connectivity index (χ2n) is 6.97. The summed E-state index contributed by atoms with van der Waals surface area (Å²) in [6.07, 6.45) is 7.40. The molecule has 0 spiro atoms. The molecular weight excluding hydrogens is 324 g/mol. The van der Waals surface area contributed by atoms with E-state index in [4.69, 9.17) is 0 Å². The van der Waals surface area contributed by atoms with Gasteiger partial charge in [0.25, 0.3) is 5.91 Å². The van der Waals surface area contributed by atoms with Crippen molar-refractivity contribution in [2.45, 2.75) is 32.6 Å². The fourth-order valence-corrected chi connectivity index (χ4v) is 3.34. The first kappa shape index (κ1) is 18.5. The van der Waals surface area contributed by atoms with Gasteiger partial charge in [-0.2, -0.15) is 0 Å². The fraction of sp³-hybridized carbons (Fsp3) is 0.476. The quantitative estimate of drug-likeness (QED) is 0.832. The van der Waals surface area contributed by atoms with Gasteiger partial charge in [-0.3, -0.25) is 4.79 Å². The van der Waals surface area contributed by atoms with E-state index in [1.807, 2.05) is 6.92 Å². The van der Waals surface area contributed by atoms with Crippen LogP contribution < -0.4 is 5.32 Å². The number of nitrogens with one attached hydrogen (secondary N) is 1. The summed E-state index contributed by atoms with van der Waals surface area (Å²) in [5, 5.41) is 3.04. The number of hydrogen-bond donors (Lipinski definition) is 1. The molecule has 1 aliphatic rings. The van der Waals surface area contributed by atoms with Crippen LogP contribution in [0.5, 0.6) is 0 Å². The second-order valence-corrected chi connectivity index (χ2v) is 6.97. The van der Waals surface area contributed by atoms with Crippen LogP contribution in [0.25, 0.3) is 0 Å². The van der Waals surface area contributed by atoms with Gasteiger partial charge >= 0.3 is 0 Å². The summed E-state index contributed by atoms with van der Waals surface area (Å²) < 4.78 is 0. The lowest BCUT2D eigenvalue weighted by atomic mass is 9.96. The van der Waals surface area contributed by atoms with E-state index in [9.17, 15) is 4.79 Å². The molecule has 0 bridgehead atoms. The maximum absolute atomic E-state index is 12.2. The third-order valence-electron chi connectivity index (χ3n) is 5.10. The largest absolute Gasteiger partial charge is 0.352 e. The van der Waals surface area contributed by atoms with Gasteiger partial charge in [-0.25, -0.2) is 9.97 Å². The first-order chi connectivity index (χ1) is 12.7. The summed E-state index contributed by atoms with van der Waals surface area (Å²) in [4.78, 5) is 23.1. The highest BCUT2D eigenvalue weighted by atomic mass is 16.1. The van der Waals surface area contributed by atoms with Crippen LogP contribution in [0.15, 0.2) is 42.7 Å². The number of rotatable bonds is 7. The number of benzene rings is 1. The van der Waals surface area contributed by atoms with Crippen LogP contribution in [-0.2, 0) is 12.8 Å². The van der Waals surface area contributed by atoms with Crippen LogP contribution in [-0.4, -0.2) is 47.0 Å². The average Bonchev–Trinajstić information content (AvgIpc) is 2.72. The zero-order chi connectivity index (χ0) is 18.2. The summed E-state index contributed by atoms with van der Waals surface area (Å²) in [5.74, 6) is 1.26. The molecule has 138 valence electrons. The smallest absolute Gasteiger partial charge is 0.254 e. The van der Waals surface area contributed by atoms with Gasteiger partial charge < -0.3 is 10.2 Å². The first-order valence-corrected chi connectivity index (χ1v) is 9.60. The number of aromatic nitrogens is 2. The maximum Gasteiger partial charge on any atom is 0.254 e. The van der Waals surface area contributed by atoms with Crippen molar-refractivity contribution in [1.82, 2.24) is 20.2 Å². The molecule has 5 nitrogen and oxygen atoms in total. The van der Waals surface area contributed by atoms with Crippen LogP contribution in [0, 0.1) is 5.92 Å². The minimum atomic E-state index is -0.0702. The Hall–Kier alpha value is -2.27. The van der Waals surface area contributed by atoms with Gasteiger partial charge in [-0.1, -0.05) is 37.3 Å². The fourth-order valence-electron chi connectivity index (χ4n) is 3.34. The van der Waals surface area contributed by atoms with E-state index in [0.29, 0.717) is 11.5 Å². The standard InChI is InChI=1S/C21H28N4O/c1-2-20-22-15-19(16-23-20)21(26)24-14-18-9-12-25(13-10-18)11-8-17-6-4-3-5-7-17/h3-7,15-16,18H,2,8-14H2,1H3,(H,24,26). The number of carbonyl (C=O) groups excluding carboxylic acids is 1. The molecule has 2 heterocycles. The molecule has 1 amide bonds. The van der Waals surface area contributed by atoms with Crippen molar-refractivity contribution in [3.05, 3.63) is 59.7 Å². The molecule has 3 rings (SSSR count). The van der Waals surface area contributed by atoms with E-state index < -0.39 is 0 Å². The van der Waals surface area contributed by atoms with Crippen molar-refractivity contribution in [3.63, 3.8) is 0 Å². The van der Waals surface area contributed by atoms with Gasteiger partial charge in [0.15, 0.2) is 0 Å². The molecule has 26 heavy (non-hydrogen) atoms. The molecule has 1 saturated heterocycles. The summed E-state index contributed by atoms with van der Waals surface area (Å²) in [7, 11) is 0. The predicted octanol–water partition coefficient (Wildman–Crippen LogP) is 2.72. The van der Waals surface area contributed by atoms with Crippen molar-refractivity contribution in [3.8, 4) is 0 Å². The predicted molar refractivity (Wildman–Crippen MR) is 103 cm³/mol. The van der Waals surface area contributed by atoms with E-state index in [0.717, 1.165) is 57.7 Å². The van der Waals surface area contributed by atoms with E-state index in [-0.39, 0.29) is 5.91 Å². The highest BCUT2D eigenvalue weighted by Crippen LogP contribution is 2.17. The molecule has 0 atom stereocenters. The SMILES string of the molecule is CCc1ncc(C(=O)NCC2CCN(CCc3ccccc3)CC2)cn1. The molecule has 1 aromatic carbocycles. The van der Waals surface area contributed by atoms with Gasteiger partial charge in [0.2, 0.25) is 0 Å². The lowest BCUT2D eigenvalue weighted by molar-refractivity contribution is 0.0935. The van der Waals surface area contributed by atoms with Gasteiger partial charge in [0, 0.05) is 31.9 Å². The van der Waals surface area contributed by atoms with Crippen molar-refractivity contribution in [2.24, 2.45) is 5.92 Å². The van der Waals surface area contributed by atoms with Gasteiger partial charge in [-0.05, 0) is 43.8 Å². The molecule has 2 aromatic rings. The third-order valence-corrected chi connectivity index (χ3v) is 5.10. The number of likely N-dealkylation sites (tertiary alicyclic amines) is 1. The second kappa shape index (κ2) is 9.43. The topological polar surface area (TPSA) is 58.1 Å². The Bertz CT molecular complexity index is 679. The summed E-state index contributed by atoms with van der Waals surface area (Å²) in [6, 6.07) is 10.7. The van der Waals surface area contributed by atoms with E-state index >= 15 is 0 Å². The van der Waals surface area contributed by atoms with Crippen molar-refractivity contribution in [1.29, 1.82) is 0 Å². The van der Waals surface area contributed by atoms with Crippen molar-refractivity contribution in [2.75, 3.05) is 26.2 Å². The molecule has 0 unspecified atom stereocenters. The molecule has 5 heteroatoms. The molecule has 0 aliphatic carbocycles. The Labute approximate surface area is 155 Å². The number of amides is 1. The zero-order valence-corrected chi connectivity index (χ0v) is 15.5.